The van der Waals surface area contributed by atoms with Crippen molar-refractivity contribution in [1.82, 2.24) is 4.72 Å². The lowest BCUT2D eigenvalue weighted by molar-refractivity contribution is 0.148. The van der Waals surface area contributed by atoms with Crippen molar-refractivity contribution in [2.24, 2.45) is 5.41 Å². The Kier molecular flexibility index (Phi) is 6.16. The van der Waals surface area contributed by atoms with Crippen LogP contribution in [-0.4, -0.2) is 26.7 Å². The maximum absolute atomic E-state index is 13.3. The number of hydrogen-bond acceptors (Lipinski definition) is 3. The van der Waals surface area contributed by atoms with E-state index in [2.05, 4.69) is 4.72 Å². The Balaban J connectivity index is 2.73. The number of benzene rings is 1. The van der Waals surface area contributed by atoms with Gasteiger partial charge in [0.05, 0.1) is 5.02 Å². The van der Waals surface area contributed by atoms with E-state index in [0.29, 0.717) is 12.8 Å². The van der Waals surface area contributed by atoms with E-state index in [1.165, 1.54) is 13.0 Å². The zero-order chi connectivity index (χ0) is 16.3. The van der Waals surface area contributed by atoms with Crippen molar-refractivity contribution in [3.63, 3.8) is 0 Å². The van der Waals surface area contributed by atoms with Gasteiger partial charge >= 0.3 is 0 Å². The molecule has 0 aliphatic carbocycles. The van der Waals surface area contributed by atoms with E-state index in [0.717, 1.165) is 6.07 Å². The van der Waals surface area contributed by atoms with E-state index >= 15 is 0 Å². The highest BCUT2D eigenvalue weighted by Gasteiger charge is 2.20. The first kappa shape index (κ1) is 18.4. The number of nitrogens with one attached hydrogen (secondary N) is 1. The summed E-state index contributed by atoms with van der Waals surface area (Å²) in [6.45, 7) is 5.57. The monoisotopic (exact) mass is 337 g/mol. The molecule has 0 amide bonds. The molecule has 120 valence electrons. The molecule has 0 aliphatic rings. The third-order valence-corrected chi connectivity index (χ3v) is 5.18. The van der Waals surface area contributed by atoms with Crippen molar-refractivity contribution in [1.29, 1.82) is 0 Å². The molecule has 1 aromatic rings. The van der Waals surface area contributed by atoms with Gasteiger partial charge in [-0.3, -0.25) is 0 Å². The molecule has 1 rings (SSSR count). The molecule has 2 N–H and O–H groups in total. The van der Waals surface area contributed by atoms with Crippen LogP contribution in [0.3, 0.4) is 0 Å². The van der Waals surface area contributed by atoms with Gasteiger partial charge in [-0.2, -0.15) is 0 Å². The predicted octanol–water partition coefficient (Wildman–Crippen LogP) is 2.86. The van der Waals surface area contributed by atoms with Crippen LogP contribution in [0.5, 0.6) is 0 Å². The second-order valence-corrected chi connectivity index (χ2v) is 8.00. The van der Waals surface area contributed by atoms with Gasteiger partial charge in [0, 0.05) is 13.2 Å². The summed E-state index contributed by atoms with van der Waals surface area (Å²) < 4.78 is 40.0. The molecule has 0 aromatic heterocycles. The first-order valence-electron chi connectivity index (χ1n) is 6.65. The van der Waals surface area contributed by atoms with Crippen LogP contribution in [-0.2, 0) is 10.0 Å². The third kappa shape index (κ3) is 5.21. The second kappa shape index (κ2) is 7.05. The molecular formula is C14H21ClFNO3S. The summed E-state index contributed by atoms with van der Waals surface area (Å²) in [6, 6.07) is 2.22. The average molecular weight is 338 g/mol. The maximum atomic E-state index is 13.3. The van der Waals surface area contributed by atoms with Gasteiger partial charge in [0.1, 0.15) is 10.7 Å². The normalized spacial score (nSPS) is 12.7. The van der Waals surface area contributed by atoms with Crippen molar-refractivity contribution >= 4 is 21.6 Å². The predicted molar refractivity (Wildman–Crippen MR) is 81.4 cm³/mol. The summed E-state index contributed by atoms with van der Waals surface area (Å²) in [6.07, 6.45) is 1.27. The van der Waals surface area contributed by atoms with Crippen molar-refractivity contribution < 1.29 is 17.9 Å². The van der Waals surface area contributed by atoms with Gasteiger partial charge in [0.25, 0.3) is 0 Å². The van der Waals surface area contributed by atoms with E-state index in [9.17, 15) is 12.8 Å². The molecule has 4 nitrogen and oxygen atoms in total. The van der Waals surface area contributed by atoms with Crippen molar-refractivity contribution in [3.8, 4) is 0 Å². The first-order valence-corrected chi connectivity index (χ1v) is 8.51. The number of sulfonamides is 1. The summed E-state index contributed by atoms with van der Waals surface area (Å²) in [7, 11) is -3.77. The number of halogens is 2. The van der Waals surface area contributed by atoms with Gasteiger partial charge < -0.3 is 5.11 Å². The molecule has 0 saturated heterocycles. The number of hydrogen-bond donors (Lipinski definition) is 2. The van der Waals surface area contributed by atoms with Crippen molar-refractivity contribution in [3.05, 3.63) is 28.5 Å². The molecule has 0 fully saturated rings. The van der Waals surface area contributed by atoms with Gasteiger partial charge in [-0.15, -0.1) is 0 Å². The van der Waals surface area contributed by atoms with Gasteiger partial charge in [-0.1, -0.05) is 25.4 Å². The summed E-state index contributed by atoms with van der Waals surface area (Å²) in [4.78, 5) is -0.121. The molecule has 0 heterocycles. The maximum Gasteiger partial charge on any atom is 0.242 e. The fourth-order valence-corrected chi connectivity index (χ4v) is 3.44. The van der Waals surface area contributed by atoms with Gasteiger partial charge in [0.15, 0.2) is 0 Å². The van der Waals surface area contributed by atoms with Crippen LogP contribution in [0.25, 0.3) is 0 Å². The Labute approximate surface area is 130 Å². The molecule has 0 radical (unpaired) electrons. The SMILES string of the molecule is Cc1cc(S(=O)(=O)NCCCC(C)(C)CO)c(Cl)cc1F. The highest BCUT2D eigenvalue weighted by Crippen LogP contribution is 2.25. The zero-order valence-electron chi connectivity index (χ0n) is 12.4. The standard InChI is InChI=1S/C14H21ClFNO3S/c1-10-7-13(11(15)8-12(10)16)21(19,20)17-6-4-5-14(2,3)9-18/h7-8,17-18H,4-6,9H2,1-3H3. The molecule has 0 spiro atoms. The molecule has 0 atom stereocenters. The average Bonchev–Trinajstić information content (AvgIpc) is 2.39. The van der Waals surface area contributed by atoms with Crippen molar-refractivity contribution in [2.75, 3.05) is 13.2 Å². The van der Waals surface area contributed by atoms with Gasteiger partial charge in [0.2, 0.25) is 10.0 Å². The Morgan fingerprint density at radius 2 is 2.00 bits per heavy atom. The summed E-state index contributed by atoms with van der Waals surface area (Å²) in [5.74, 6) is -0.538. The third-order valence-electron chi connectivity index (χ3n) is 3.25. The molecule has 21 heavy (non-hydrogen) atoms. The molecule has 0 saturated carbocycles. The molecular weight excluding hydrogens is 317 g/mol. The molecule has 0 aliphatic heterocycles. The smallest absolute Gasteiger partial charge is 0.242 e. The van der Waals surface area contributed by atoms with E-state index < -0.39 is 15.8 Å². The van der Waals surface area contributed by atoms with Gasteiger partial charge in [-0.05, 0) is 42.9 Å². The highest BCUT2D eigenvalue weighted by atomic mass is 35.5. The van der Waals surface area contributed by atoms with Crippen LogP contribution in [0.4, 0.5) is 4.39 Å². The minimum Gasteiger partial charge on any atom is -0.396 e. The first-order chi connectivity index (χ1) is 9.59. The van der Waals surface area contributed by atoms with Crippen LogP contribution in [0.15, 0.2) is 17.0 Å². The van der Waals surface area contributed by atoms with E-state index in [-0.39, 0.29) is 34.0 Å². The lowest BCUT2D eigenvalue weighted by Crippen LogP contribution is -2.27. The largest absolute Gasteiger partial charge is 0.396 e. The fourth-order valence-electron chi connectivity index (χ4n) is 1.77. The van der Waals surface area contributed by atoms with Gasteiger partial charge in [-0.25, -0.2) is 17.5 Å². The molecule has 0 bridgehead atoms. The Morgan fingerprint density at radius 1 is 1.38 bits per heavy atom. The van der Waals surface area contributed by atoms with E-state index in [1.54, 1.807) is 0 Å². The number of rotatable bonds is 7. The van der Waals surface area contributed by atoms with Crippen LogP contribution >= 0.6 is 11.6 Å². The number of aliphatic hydroxyl groups excluding tert-OH is 1. The van der Waals surface area contributed by atoms with E-state index in [1.807, 2.05) is 13.8 Å². The van der Waals surface area contributed by atoms with Crippen molar-refractivity contribution in [2.45, 2.75) is 38.5 Å². The number of aryl methyl sites for hydroxylation is 1. The molecule has 0 unspecified atom stereocenters. The minimum atomic E-state index is -3.77. The van der Waals surface area contributed by atoms with Crippen LogP contribution < -0.4 is 4.72 Å². The van der Waals surface area contributed by atoms with Crippen LogP contribution in [0, 0.1) is 18.2 Å². The van der Waals surface area contributed by atoms with E-state index in [4.69, 9.17) is 16.7 Å². The summed E-state index contributed by atoms with van der Waals surface area (Å²) in [5, 5.41) is 8.99. The van der Waals surface area contributed by atoms with Crippen LogP contribution in [0.2, 0.25) is 5.02 Å². The lowest BCUT2D eigenvalue weighted by Gasteiger charge is -2.21. The Morgan fingerprint density at radius 3 is 2.57 bits per heavy atom. The second-order valence-electron chi connectivity index (χ2n) is 5.86. The highest BCUT2D eigenvalue weighted by molar-refractivity contribution is 7.89. The molecule has 7 heteroatoms. The fraction of sp³-hybridized carbons (Fsp3) is 0.571. The Bertz CT molecular complexity index is 602. The minimum absolute atomic E-state index is 0.0444. The zero-order valence-corrected chi connectivity index (χ0v) is 14.0. The topological polar surface area (TPSA) is 66.4 Å². The Hall–Kier alpha value is -0.690. The quantitative estimate of drug-likeness (QED) is 0.752. The lowest BCUT2D eigenvalue weighted by atomic mass is 9.89. The summed E-state index contributed by atoms with van der Waals surface area (Å²) >= 11 is 5.80. The molecule has 1 aromatic carbocycles. The van der Waals surface area contributed by atoms with Crippen LogP contribution in [0.1, 0.15) is 32.3 Å². The number of aliphatic hydroxyl groups is 1. The summed E-state index contributed by atoms with van der Waals surface area (Å²) in [5.41, 5.74) is -0.0172.